The molecule has 3 rings (SSSR count). The Morgan fingerprint density at radius 2 is 1.16 bits per heavy atom. The number of amides is 1. The molecule has 0 saturated carbocycles. The highest BCUT2D eigenvalue weighted by molar-refractivity contribution is 6.31. The van der Waals surface area contributed by atoms with Gasteiger partial charge >= 0.3 is 17.9 Å². The molecule has 0 saturated heterocycles. The van der Waals surface area contributed by atoms with Crippen LogP contribution in [0.4, 0.5) is 11.4 Å². The molecule has 3 aromatic rings. The molecule has 0 bridgehead atoms. The van der Waals surface area contributed by atoms with Crippen molar-refractivity contribution < 1.29 is 33.8 Å². The van der Waals surface area contributed by atoms with Gasteiger partial charge in [0.05, 0.1) is 11.1 Å². The van der Waals surface area contributed by atoms with E-state index < -0.39 is 36.0 Å². The zero-order chi connectivity index (χ0) is 27.1. The fourth-order valence-corrected chi connectivity index (χ4v) is 3.34. The van der Waals surface area contributed by atoms with Crippen LogP contribution in [0.15, 0.2) is 72.8 Å². The Hall–Kier alpha value is -4.08. The highest BCUT2D eigenvalue weighted by Crippen LogP contribution is 2.20. The monoisotopic (exact) mass is 544 g/mol. The van der Waals surface area contributed by atoms with Crippen molar-refractivity contribution in [2.24, 2.45) is 0 Å². The van der Waals surface area contributed by atoms with E-state index in [0.717, 1.165) is 5.69 Å². The van der Waals surface area contributed by atoms with Gasteiger partial charge in [-0.2, -0.15) is 0 Å². The first-order chi connectivity index (χ1) is 17.5. The summed E-state index contributed by atoms with van der Waals surface area (Å²) in [5.74, 6) is -4.79. The summed E-state index contributed by atoms with van der Waals surface area (Å²) in [5, 5.41) is 13.0. The van der Waals surface area contributed by atoms with Gasteiger partial charge in [0, 0.05) is 35.5 Å². The molecule has 1 amide bonds. The minimum absolute atomic E-state index is 0.00528. The molecule has 0 fully saturated rings. The molecule has 0 aliphatic heterocycles. The maximum absolute atomic E-state index is 13.2. The van der Waals surface area contributed by atoms with E-state index in [0.29, 0.717) is 15.7 Å². The molecule has 2 N–H and O–H groups in total. The fourth-order valence-electron chi connectivity index (χ4n) is 3.09. The highest BCUT2D eigenvalue weighted by Gasteiger charge is 2.41. The van der Waals surface area contributed by atoms with E-state index in [1.54, 1.807) is 24.3 Å². The van der Waals surface area contributed by atoms with E-state index in [2.05, 4.69) is 5.32 Å². The summed E-state index contributed by atoms with van der Waals surface area (Å²) >= 11 is 11.7. The zero-order valence-corrected chi connectivity index (χ0v) is 21.2. The molecule has 11 heteroatoms. The number of carboxylic acid groups (broad SMARTS) is 1. The molecular weight excluding hydrogens is 523 g/mol. The molecule has 0 radical (unpaired) electrons. The first-order valence-corrected chi connectivity index (χ1v) is 11.5. The number of carbonyl (C=O) groups excluding carboxylic acids is 3. The summed E-state index contributed by atoms with van der Waals surface area (Å²) in [6.07, 6.45) is -4.20. The third-order valence-electron chi connectivity index (χ3n) is 5.06. The lowest BCUT2D eigenvalue weighted by atomic mass is 10.1. The number of esters is 2. The summed E-state index contributed by atoms with van der Waals surface area (Å²) in [5.41, 5.74) is 1.14. The van der Waals surface area contributed by atoms with Crippen LogP contribution in [0.5, 0.6) is 0 Å². The number of hydrogen-bond acceptors (Lipinski definition) is 7. The number of nitrogens with zero attached hydrogens (tertiary/aromatic N) is 1. The number of carbonyl (C=O) groups is 4. The predicted octanol–water partition coefficient (Wildman–Crippen LogP) is 4.53. The molecular formula is C26H22Cl2N2O7. The van der Waals surface area contributed by atoms with Gasteiger partial charge in [-0.25, -0.2) is 14.4 Å². The minimum Gasteiger partial charge on any atom is -0.478 e. The first kappa shape index (κ1) is 27.5. The number of anilines is 2. The normalized spacial score (nSPS) is 12.1. The van der Waals surface area contributed by atoms with Crippen molar-refractivity contribution in [3.63, 3.8) is 0 Å². The van der Waals surface area contributed by atoms with Crippen LogP contribution in [-0.2, 0) is 19.1 Å². The number of ether oxygens (including phenoxy) is 2. The third-order valence-corrected chi connectivity index (χ3v) is 5.56. The maximum atomic E-state index is 13.2. The summed E-state index contributed by atoms with van der Waals surface area (Å²) in [6, 6.07) is 17.6. The van der Waals surface area contributed by atoms with Gasteiger partial charge in [-0.1, -0.05) is 23.2 Å². The van der Waals surface area contributed by atoms with E-state index in [1.807, 2.05) is 19.0 Å². The molecule has 0 aromatic heterocycles. The molecule has 3 aromatic carbocycles. The summed E-state index contributed by atoms with van der Waals surface area (Å²) < 4.78 is 10.4. The van der Waals surface area contributed by atoms with Crippen molar-refractivity contribution in [1.29, 1.82) is 0 Å². The van der Waals surface area contributed by atoms with Crippen molar-refractivity contribution in [3.05, 3.63) is 94.0 Å². The Bertz CT molecular complexity index is 1280. The largest absolute Gasteiger partial charge is 0.478 e. The number of aliphatic carboxylic acids is 1. The molecule has 2 atom stereocenters. The van der Waals surface area contributed by atoms with Crippen LogP contribution in [0.3, 0.4) is 0 Å². The third kappa shape index (κ3) is 7.45. The molecule has 9 nitrogen and oxygen atoms in total. The second-order valence-corrected chi connectivity index (χ2v) is 8.81. The smallest absolute Gasteiger partial charge is 0.349 e. The van der Waals surface area contributed by atoms with E-state index >= 15 is 0 Å². The number of hydrogen-bond donors (Lipinski definition) is 2. The molecule has 0 heterocycles. The predicted molar refractivity (Wildman–Crippen MR) is 138 cm³/mol. The average Bonchev–Trinajstić information content (AvgIpc) is 2.86. The van der Waals surface area contributed by atoms with Crippen LogP contribution < -0.4 is 10.2 Å². The Morgan fingerprint density at radius 3 is 1.57 bits per heavy atom. The summed E-state index contributed by atoms with van der Waals surface area (Å²) in [4.78, 5) is 52.5. The average molecular weight is 545 g/mol. The lowest BCUT2D eigenvalue weighted by Gasteiger charge is -2.23. The Balaban J connectivity index is 1.89. The van der Waals surface area contributed by atoms with Gasteiger partial charge in [0.2, 0.25) is 12.2 Å². The summed E-state index contributed by atoms with van der Waals surface area (Å²) in [6.45, 7) is 0. The lowest BCUT2D eigenvalue weighted by Crippen LogP contribution is -2.48. The van der Waals surface area contributed by atoms with E-state index in [1.165, 1.54) is 48.5 Å². The van der Waals surface area contributed by atoms with Gasteiger partial charge in [-0.05, 0) is 72.8 Å². The van der Waals surface area contributed by atoms with Crippen molar-refractivity contribution in [2.75, 3.05) is 24.3 Å². The van der Waals surface area contributed by atoms with Crippen LogP contribution in [0.2, 0.25) is 10.0 Å². The number of rotatable bonds is 9. The van der Waals surface area contributed by atoms with Crippen LogP contribution in [-0.4, -0.2) is 55.2 Å². The minimum atomic E-state index is -2.17. The maximum Gasteiger partial charge on any atom is 0.349 e. The topological polar surface area (TPSA) is 122 Å². The quantitative estimate of drug-likeness (QED) is 0.376. The van der Waals surface area contributed by atoms with Crippen molar-refractivity contribution in [2.45, 2.75) is 12.2 Å². The lowest BCUT2D eigenvalue weighted by molar-refractivity contribution is -0.157. The van der Waals surface area contributed by atoms with Crippen LogP contribution >= 0.6 is 23.2 Å². The second-order valence-electron chi connectivity index (χ2n) is 7.93. The van der Waals surface area contributed by atoms with E-state index in [9.17, 15) is 24.3 Å². The standard InChI is InChI=1S/C26H22Cl2N2O7/c1-30(2)20-13-11-19(12-14-20)29-23(31)21(36-25(34)15-3-7-17(27)8-4-15)22(24(32)33)37-26(35)16-5-9-18(28)10-6-16/h3-14,21-22H,1-2H3,(H,29,31)(H,32,33)/t21-,22-/m1/s1. The Kier molecular flexibility index (Phi) is 9.10. The molecule has 192 valence electrons. The van der Waals surface area contributed by atoms with Gasteiger partial charge in [0.1, 0.15) is 0 Å². The molecule has 0 aliphatic carbocycles. The Labute approximate surface area is 222 Å². The molecule has 37 heavy (non-hydrogen) atoms. The highest BCUT2D eigenvalue weighted by atomic mass is 35.5. The van der Waals surface area contributed by atoms with E-state index in [-0.39, 0.29) is 11.1 Å². The van der Waals surface area contributed by atoms with Crippen molar-refractivity contribution in [3.8, 4) is 0 Å². The van der Waals surface area contributed by atoms with Crippen LogP contribution in [0, 0.1) is 0 Å². The zero-order valence-electron chi connectivity index (χ0n) is 19.7. The van der Waals surface area contributed by atoms with E-state index in [4.69, 9.17) is 32.7 Å². The van der Waals surface area contributed by atoms with Gasteiger partial charge in [0.15, 0.2) is 0 Å². The van der Waals surface area contributed by atoms with Crippen LogP contribution in [0.1, 0.15) is 20.7 Å². The first-order valence-electron chi connectivity index (χ1n) is 10.8. The SMILES string of the molecule is CN(C)c1ccc(NC(=O)[C@H](OC(=O)c2ccc(Cl)cc2)[C@@H](OC(=O)c2ccc(Cl)cc2)C(=O)O)cc1. The Morgan fingerprint density at radius 1 is 0.730 bits per heavy atom. The fraction of sp³-hybridized carbons (Fsp3) is 0.154. The van der Waals surface area contributed by atoms with Gasteiger partial charge < -0.3 is 24.8 Å². The van der Waals surface area contributed by atoms with Gasteiger partial charge in [0.25, 0.3) is 5.91 Å². The second kappa shape index (κ2) is 12.2. The van der Waals surface area contributed by atoms with Gasteiger partial charge in [-0.3, -0.25) is 4.79 Å². The number of nitrogens with one attached hydrogen (secondary N) is 1. The van der Waals surface area contributed by atoms with Crippen molar-refractivity contribution in [1.82, 2.24) is 0 Å². The molecule has 0 spiro atoms. The van der Waals surface area contributed by atoms with Crippen molar-refractivity contribution >= 4 is 58.4 Å². The number of carboxylic acids is 1. The van der Waals surface area contributed by atoms with Crippen LogP contribution in [0.25, 0.3) is 0 Å². The number of benzene rings is 3. The molecule has 0 unspecified atom stereocenters. The van der Waals surface area contributed by atoms with Gasteiger partial charge in [-0.15, -0.1) is 0 Å². The summed E-state index contributed by atoms with van der Waals surface area (Å²) in [7, 11) is 3.68. The number of halogens is 2. The molecule has 0 aliphatic rings.